The molecule has 0 saturated heterocycles. The molecule has 1 aliphatic heterocycles. The van der Waals surface area contributed by atoms with Crippen molar-refractivity contribution in [2.75, 3.05) is 19.4 Å². The molecule has 174 valence electrons. The third-order valence-electron chi connectivity index (χ3n) is 5.74. The molecule has 1 aliphatic rings. The van der Waals surface area contributed by atoms with Gasteiger partial charge in [-0.1, -0.05) is 13.8 Å². The van der Waals surface area contributed by atoms with Crippen LogP contribution in [0.2, 0.25) is 0 Å². The molecule has 1 amide bonds. The summed E-state index contributed by atoms with van der Waals surface area (Å²) in [6.45, 7) is 4.10. The maximum atomic E-state index is 15.7. The Labute approximate surface area is 206 Å². The number of aromatic nitrogens is 2. The number of ether oxygens (including phenoxy) is 1. The van der Waals surface area contributed by atoms with Crippen molar-refractivity contribution in [2.24, 2.45) is 10.9 Å². The molecule has 3 aromatic rings. The van der Waals surface area contributed by atoms with Crippen LogP contribution in [0.3, 0.4) is 0 Å². The number of aliphatic imine (C=N–C) groups is 1. The highest BCUT2D eigenvalue weighted by atomic mass is 19.1. The topological polar surface area (TPSA) is 93.7 Å². The molecule has 2 aromatic heterocycles. The predicted octanol–water partition coefficient (Wildman–Crippen LogP) is 3.05. The minimum absolute atomic E-state index is 0.156. The van der Waals surface area contributed by atoms with Gasteiger partial charge < -0.3 is 15.4 Å². The number of halogens is 1. The molecule has 3 heterocycles. The summed E-state index contributed by atoms with van der Waals surface area (Å²) in [7, 11) is 14.2. The quantitative estimate of drug-likeness (QED) is 0.426. The molecule has 0 atom stereocenters. The van der Waals surface area contributed by atoms with E-state index in [2.05, 4.69) is 15.0 Å². The zero-order chi connectivity index (χ0) is 25.3. The van der Waals surface area contributed by atoms with Crippen molar-refractivity contribution < 1.29 is 13.9 Å². The van der Waals surface area contributed by atoms with Crippen LogP contribution in [0, 0.1) is 11.7 Å². The van der Waals surface area contributed by atoms with E-state index in [9.17, 15) is 4.79 Å². The summed E-state index contributed by atoms with van der Waals surface area (Å²) in [5, 5.41) is -1.70. The minimum atomic E-state index is -1.70. The minimum Gasteiger partial charge on any atom is -0.493 e. The summed E-state index contributed by atoms with van der Waals surface area (Å²) < 4.78 is 21.7. The molecule has 4 rings (SSSR count). The molecule has 0 aliphatic carbocycles. The SMILES string of the molecule is [B]C1([B])c2ncccc2C(=O)N1Cc1c(F)cc(-c2ccnc(N)c2C=NC)cc1OCC(C)C. The van der Waals surface area contributed by atoms with E-state index in [1.807, 2.05) is 13.8 Å². The van der Waals surface area contributed by atoms with Gasteiger partial charge in [-0.2, -0.15) is 0 Å². The molecule has 0 fully saturated rings. The van der Waals surface area contributed by atoms with Gasteiger partial charge in [-0.25, -0.2) is 9.37 Å². The Morgan fingerprint density at radius 1 is 1.23 bits per heavy atom. The first-order chi connectivity index (χ1) is 16.6. The van der Waals surface area contributed by atoms with Gasteiger partial charge in [-0.3, -0.25) is 14.8 Å². The maximum absolute atomic E-state index is 15.7. The first kappa shape index (κ1) is 24.4. The second kappa shape index (κ2) is 9.52. The number of amides is 1. The van der Waals surface area contributed by atoms with Gasteiger partial charge in [0.05, 0.1) is 40.1 Å². The molecular formula is C25H24B2FN5O2. The fourth-order valence-corrected chi connectivity index (χ4v) is 4.01. The van der Waals surface area contributed by atoms with Crippen LogP contribution in [0.4, 0.5) is 10.2 Å². The molecule has 1 aromatic carbocycles. The second-order valence-electron chi connectivity index (χ2n) is 8.80. The largest absolute Gasteiger partial charge is 0.493 e. The van der Waals surface area contributed by atoms with Crippen LogP contribution in [-0.4, -0.2) is 56.3 Å². The number of rotatable bonds is 7. The number of hydrogen-bond donors (Lipinski definition) is 1. The molecule has 7 nitrogen and oxygen atoms in total. The number of carbonyl (C=O) groups is 1. The van der Waals surface area contributed by atoms with Gasteiger partial charge in [-0.15, -0.1) is 0 Å². The van der Waals surface area contributed by atoms with E-state index in [0.717, 1.165) is 0 Å². The van der Waals surface area contributed by atoms with Crippen LogP contribution in [-0.2, 0) is 11.9 Å². The average Bonchev–Trinajstić information content (AvgIpc) is 3.01. The third kappa shape index (κ3) is 4.52. The second-order valence-corrected chi connectivity index (χ2v) is 8.80. The van der Waals surface area contributed by atoms with Crippen molar-refractivity contribution in [3.05, 3.63) is 70.9 Å². The van der Waals surface area contributed by atoms with Crippen LogP contribution in [0.25, 0.3) is 11.1 Å². The Morgan fingerprint density at radius 3 is 2.69 bits per heavy atom. The molecule has 35 heavy (non-hydrogen) atoms. The van der Waals surface area contributed by atoms with Gasteiger partial charge in [0.2, 0.25) is 0 Å². The van der Waals surface area contributed by atoms with Gasteiger partial charge in [0.15, 0.2) is 0 Å². The van der Waals surface area contributed by atoms with Gasteiger partial charge in [0.1, 0.15) is 17.4 Å². The lowest BCUT2D eigenvalue weighted by molar-refractivity contribution is 0.0727. The first-order valence-corrected chi connectivity index (χ1v) is 11.1. The number of pyridine rings is 2. The van der Waals surface area contributed by atoms with Crippen molar-refractivity contribution in [1.82, 2.24) is 14.9 Å². The van der Waals surface area contributed by atoms with Crippen molar-refractivity contribution in [2.45, 2.75) is 25.7 Å². The lowest BCUT2D eigenvalue weighted by Gasteiger charge is -2.33. The molecule has 0 spiro atoms. The summed E-state index contributed by atoms with van der Waals surface area (Å²) in [5.74, 6) is -0.288. The average molecular weight is 467 g/mol. The van der Waals surface area contributed by atoms with Crippen LogP contribution < -0.4 is 10.5 Å². The monoisotopic (exact) mass is 467 g/mol. The van der Waals surface area contributed by atoms with Crippen molar-refractivity contribution in [3.8, 4) is 16.9 Å². The Morgan fingerprint density at radius 2 is 2.00 bits per heavy atom. The van der Waals surface area contributed by atoms with Gasteiger partial charge in [0.25, 0.3) is 5.91 Å². The number of nitrogens with two attached hydrogens (primary N) is 1. The van der Waals surface area contributed by atoms with Crippen molar-refractivity contribution in [3.63, 3.8) is 0 Å². The standard InChI is InChI=1S/C25H24B2FN5O2/c1-14(2)13-35-21-10-15(16-6-8-32-23(29)18(16)11-30-3)9-20(28)19(21)12-33-24(34)17-5-4-7-31-22(17)25(33,26)27/h4-11,14H,12-13H2,1-3H3,(H2,29,32). The summed E-state index contributed by atoms with van der Waals surface area (Å²) in [4.78, 5) is 26.6. The number of nitrogen functional groups attached to an aromatic ring is 1. The number of fused-ring (bicyclic) bond motifs is 1. The molecule has 0 unspecified atom stereocenters. The van der Waals surface area contributed by atoms with E-state index < -0.39 is 17.1 Å². The van der Waals surface area contributed by atoms with E-state index in [1.54, 1.807) is 43.7 Å². The molecule has 0 saturated carbocycles. The highest BCUT2D eigenvalue weighted by molar-refractivity contribution is 6.42. The number of nitrogens with zero attached hydrogens (tertiary/aromatic N) is 4. The highest BCUT2D eigenvalue weighted by Crippen LogP contribution is 2.38. The van der Waals surface area contributed by atoms with E-state index >= 15 is 4.39 Å². The number of benzene rings is 1. The normalized spacial score (nSPS) is 14.7. The maximum Gasteiger partial charge on any atom is 0.255 e. The zero-order valence-electron chi connectivity index (χ0n) is 19.8. The first-order valence-electron chi connectivity index (χ1n) is 11.1. The Kier molecular flexibility index (Phi) is 6.65. The number of carbonyl (C=O) groups excluding carboxylic acids is 1. The van der Waals surface area contributed by atoms with Gasteiger partial charge >= 0.3 is 0 Å². The number of anilines is 1. The number of hydrogen-bond acceptors (Lipinski definition) is 6. The van der Waals surface area contributed by atoms with E-state index in [1.165, 1.54) is 17.2 Å². The van der Waals surface area contributed by atoms with E-state index in [-0.39, 0.29) is 40.9 Å². The Balaban J connectivity index is 1.80. The summed E-state index contributed by atoms with van der Waals surface area (Å²) in [6, 6.07) is 8.02. The third-order valence-corrected chi connectivity index (χ3v) is 5.74. The lowest BCUT2D eigenvalue weighted by atomic mass is 9.59. The Bertz CT molecular complexity index is 1310. The molecule has 10 heteroatoms. The van der Waals surface area contributed by atoms with Crippen LogP contribution in [0.1, 0.15) is 41.0 Å². The molecule has 0 bridgehead atoms. The van der Waals surface area contributed by atoms with E-state index in [0.29, 0.717) is 23.3 Å². The van der Waals surface area contributed by atoms with E-state index in [4.69, 9.17) is 26.2 Å². The van der Waals surface area contributed by atoms with Crippen LogP contribution in [0.5, 0.6) is 5.75 Å². The summed E-state index contributed by atoms with van der Waals surface area (Å²) in [6.07, 6.45) is 4.62. The van der Waals surface area contributed by atoms with Crippen molar-refractivity contribution in [1.29, 1.82) is 0 Å². The van der Waals surface area contributed by atoms with Gasteiger partial charge in [-0.05, 0) is 47.4 Å². The molecule has 2 N–H and O–H groups in total. The van der Waals surface area contributed by atoms with Gasteiger partial charge in [0, 0.05) is 42.1 Å². The summed E-state index contributed by atoms with van der Waals surface area (Å²) in [5.41, 5.74) is 8.46. The summed E-state index contributed by atoms with van der Waals surface area (Å²) >= 11 is 0. The van der Waals surface area contributed by atoms with Crippen molar-refractivity contribution >= 4 is 33.6 Å². The highest BCUT2D eigenvalue weighted by Gasteiger charge is 2.43. The van der Waals surface area contributed by atoms with Crippen LogP contribution in [0.15, 0.2) is 47.7 Å². The lowest BCUT2D eigenvalue weighted by Crippen LogP contribution is -2.45. The molecular weight excluding hydrogens is 443 g/mol. The fourth-order valence-electron chi connectivity index (χ4n) is 4.01. The molecule has 4 radical (unpaired) electrons. The Hall–Kier alpha value is -3.68. The smallest absolute Gasteiger partial charge is 0.255 e. The fraction of sp³-hybridized carbons (Fsp3) is 0.280. The predicted molar refractivity (Wildman–Crippen MR) is 135 cm³/mol. The van der Waals surface area contributed by atoms with Crippen LogP contribution >= 0.6 is 0 Å². The zero-order valence-corrected chi connectivity index (χ0v) is 19.8.